The Bertz CT molecular complexity index is 328. The van der Waals surface area contributed by atoms with Crippen LogP contribution >= 0.6 is 11.6 Å². The lowest BCUT2D eigenvalue weighted by molar-refractivity contribution is 0.210. The number of hydrogen-bond acceptors (Lipinski definition) is 3. The number of rotatable bonds is 2. The van der Waals surface area contributed by atoms with E-state index in [1.54, 1.807) is 18.2 Å². The summed E-state index contributed by atoms with van der Waals surface area (Å²) in [5.41, 5.74) is 10.9. The maximum Gasteiger partial charge on any atom is 0.409 e. The molecule has 0 bridgehead atoms. The van der Waals surface area contributed by atoms with Gasteiger partial charge in [0.15, 0.2) is 0 Å². The second-order valence-corrected chi connectivity index (χ2v) is 2.81. The first-order valence-electron chi connectivity index (χ1n) is 3.59. The molecular formula is C8H9ClN2O2. The highest BCUT2D eigenvalue weighted by Gasteiger charge is 2.05. The van der Waals surface area contributed by atoms with E-state index in [0.29, 0.717) is 16.3 Å². The Balaban J connectivity index is 2.99. The van der Waals surface area contributed by atoms with Crippen molar-refractivity contribution in [3.05, 3.63) is 28.8 Å². The zero-order valence-corrected chi connectivity index (χ0v) is 7.54. The lowest BCUT2D eigenvalue weighted by Gasteiger charge is -2.06. The van der Waals surface area contributed by atoms with E-state index in [4.69, 9.17) is 27.8 Å². The Labute approximate surface area is 80.4 Å². The molecule has 4 N–H and O–H groups in total. The molecule has 0 saturated carbocycles. The zero-order valence-electron chi connectivity index (χ0n) is 6.79. The minimum atomic E-state index is -0.864. The van der Waals surface area contributed by atoms with Gasteiger partial charge in [0.1, 0.15) is 5.75 Å². The second kappa shape index (κ2) is 4.11. The molecule has 0 heterocycles. The maximum atomic E-state index is 10.4. The Morgan fingerprint density at radius 1 is 1.54 bits per heavy atom. The van der Waals surface area contributed by atoms with Crippen LogP contribution in [0.5, 0.6) is 5.75 Å². The van der Waals surface area contributed by atoms with Crippen molar-refractivity contribution in [3.63, 3.8) is 0 Å². The molecule has 1 amide bonds. The summed E-state index contributed by atoms with van der Waals surface area (Å²) in [4.78, 5) is 10.4. The van der Waals surface area contributed by atoms with Crippen LogP contribution in [0.2, 0.25) is 5.02 Å². The monoisotopic (exact) mass is 200 g/mol. The van der Waals surface area contributed by atoms with Gasteiger partial charge in [-0.15, -0.1) is 0 Å². The summed E-state index contributed by atoms with van der Waals surface area (Å²) < 4.78 is 4.69. The van der Waals surface area contributed by atoms with Crippen LogP contribution in [-0.2, 0) is 6.54 Å². The molecule has 1 aromatic rings. The molecule has 4 nitrogen and oxygen atoms in total. The molecule has 0 saturated heterocycles. The van der Waals surface area contributed by atoms with Gasteiger partial charge >= 0.3 is 6.09 Å². The Hall–Kier alpha value is -1.26. The van der Waals surface area contributed by atoms with E-state index >= 15 is 0 Å². The first-order chi connectivity index (χ1) is 6.13. The van der Waals surface area contributed by atoms with E-state index in [1.165, 1.54) is 0 Å². The van der Waals surface area contributed by atoms with Crippen LogP contribution in [0, 0.1) is 0 Å². The smallest absolute Gasteiger partial charge is 0.409 e. The van der Waals surface area contributed by atoms with Crippen molar-refractivity contribution in [1.29, 1.82) is 0 Å². The van der Waals surface area contributed by atoms with Gasteiger partial charge in [0.2, 0.25) is 0 Å². The number of hydrogen-bond donors (Lipinski definition) is 2. The average molecular weight is 201 g/mol. The first kappa shape index (κ1) is 9.83. The van der Waals surface area contributed by atoms with Gasteiger partial charge in [-0.3, -0.25) is 0 Å². The number of carbonyl (C=O) groups is 1. The first-order valence-corrected chi connectivity index (χ1v) is 3.97. The van der Waals surface area contributed by atoms with E-state index in [9.17, 15) is 4.79 Å². The van der Waals surface area contributed by atoms with Gasteiger partial charge in [-0.2, -0.15) is 0 Å². The van der Waals surface area contributed by atoms with E-state index in [0.717, 1.165) is 0 Å². The van der Waals surface area contributed by atoms with Crippen molar-refractivity contribution in [2.24, 2.45) is 11.5 Å². The summed E-state index contributed by atoms with van der Waals surface area (Å²) >= 11 is 5.70. The molecule has 5 heteroatoms. The van der Waals surface area contributed by atoms with E-state index in [2.05, 4.69) is 0 Å². The zero-order chi connectivity index (χ0) is 9.84. The van der Waals surface area contributed by atoms with Crippen LogP contribution in [0.1, 0.15) is 5.56 Å². The van der Waals surface area contributed by atoms with Gasteiger partial charge in [-0.1, -0.05) is 11.6 Å². The molecule has 0 unspecified atom stereocenters. The molecule has 0 aliphatic rings. The van der Waals surface area contributed by atoms with Gasteiger partial charge < -0.3 is 16.2 Å². The van der Waals surface area contributed by atoms with Crippen LogP contribution in [-0.4, -0.2) is 6.09 Å². The normalized spacial score (nSPS) is 9.69. The van der Waals surface area contributed by atoms with Crippen molar-refractivity contribution in [2.45, 2.75) is 6.54 Å². The summed E-state index contributed by atoms with van der Waals surface area (Å²) in [7, 11) is 0. The molecule has 70 valence electrons. The SMILES string of the molecule is NCc1cc(Cl)ccc1OC(N)=O. The van der Waals surface area contributed by atoms with Crippen molar-refractivity contribution in [1.82, 2.24) is 0 Å². The number of benzene rings is 1. The molecule has 0 aromatic heterocycles. The fourth-order valence-corrected chi connectivity index (χ4v) is 1.11. The standard InChI is InChI=1S/C8H9ClN2O2/c9-6-1-2-7(13-8(11)12)5(3-6)4-10/h1-3H,4,10H2,(H2,11,12). The van der Waals surface area contributed by atoms with Crippen LogP contribution in [0.3, 0.4) is 0 Å². The molecular weight excluding hydrogens is 192 g/mol. The highest BCUT2D eigenvalue weighted by atomic mass is 35.5. The van der Waals surface area contributed by atoms with Crippen LogP contribution < -0.4 is 16.2 Å². The highest BCUT2D eigenvalue weighted by molar-refractivity contribution is 6.30. The number of carbonyl (C=O) groups excluding carboxylic acids is 1. The third-order valence-corrected chi connectivity index (χ3v) is 1.69. The number of primary amides is 1. The molecule has 0 fully saturated rings. The number of ether oxygens (including phenoxy) is 1. The van der Waals surface area contributed by atoms with Crippen LogP contribution in [0.25, 0.3) is 0 Å². The summed E-state index contributed by atoms with van der Waals surface area (Å²) in [6.45, 7) is 0.239. The van der Waals surface area contributed by atoms with E-state index in [1.807, 2.05) is 0 Å². The topological polar surface area (TPSA) is 78.3 Å². The maximum absolute atomic E-state index is 10.4. The molecule has 1 rings (SSSR count). The Morgan fingerprint density at radius 3 is 2.77 bits per heavy atom. The van der Waals surface area contributed by atoms with Gasteiger partial charge in [-0.05, 0) is 18.2 Å². The molecule has 1 aromatic carbocycles. The summed E-state index contributed by atoms with van der Waals surface area (Å²) in [5, 5.41) is 0.539. The van der Waals surface area contributed by atoms with Crippen molar-refractivity contribution in [2.75, 3.05) is 0 Å². The van der Waals surface area contributed by atoms with Crippen LogP contribution in [0.15, 0.2) is 18.2 Å². The quantitative estimate of drug-likeness (QED) is 0.754. The molecule has 0 aliphatic carbocycles. The third kappa shape index (κ3) is 2.61. The van der Waals surface area contributed by atoms with Gasteiger partial charge in [0, 0.05) is 17.1 Å². The van der Waals surface area contributed by atoms with E-state index < -0.39 is 6.09 Å². The fraction of sp³-hybridized carbons (Fsp3) is 0.125. The lowest BCUT2D eigenvalue weighted by Crippen LogP contribution is -2.17. The Kier molecular flexibility index (Phi) is 3.11. The molecule has 0 aliphatic heterocycles. The second-order valence-electron chi connectivity index (χ2n) is 2.38. The molecule has 13 heavy (non-hydrogen) atoms. The third-order valence-electron chi connectivity index (χ3n) is 1.45. The highest BCUT2D eigenvalue weighted by Crippen LogP contribution is 2.22. The van der Waals surface area contributed by atoms with Gasteiger partial charge in [0.05, 0.1) is 0 Å². The van der Waals surface area contributed by atoms with E-state index in [-0.39, 0.29) is 6.54 Å². The van der Waals surface area contributed by atoms with Gasteiger partial charge in [-0.25, -0.2) is 4.79 Å². The van der Waals surface area contributed by atoms with Crippen molar-refractivity contribution in [3.8, 4) is 5.75 Å². The minimum absolute atomic E-state index is 0.239. The predicted molar refractivity (Wildman–Crippen MR) is 49.6 cm³/mol. The van der Waals surface area contributed by atoms with Crippen molar-refractivity contribution >= 4 is 17.7 Å². The summed E-state index contributed by atoms with van der Waals surface area (Å²) in [6, 6.07) is 4.77. The van der Waals surface area contributed by atoms with Crippen molar-refractivity contribution < 1.29 is 9.53 Å². The molecule has 0 spiro atoms. The number of halogens is 1. The molecule has 0 radical (unpaired) electrons. The minimum Gasteiger partial charge on any atom is -0.410 e. The summed E-state index contributed by atoms with van der Waals surface area (Å²) in [6.07, 6.45) is -0.864. The Morgan fingerprint density at radius 2 is 2.23 bits per heavy atom. The average Bonchev–Trinajstić information content (AvgIpc) is 2.07. The summed E-state index contributed by atoms with van der Waals surface area (Å²) in [5.74, 6) is 0.347. The number of amides is 1. The lowest BCUT2D eigenvalue weighted by atomic mass is 10.2. The molecule has 0 atom stereocenters. The van der Waals surface area contributed by atoms with Crippen LogP contribution in [0.4, 0.5) is 4.79 Å². The predicted octanol–water partition coefficient (Wildman–Crippen LogP) is 1.26. The van der Waals surface area contributed by atoms with Gasteiger partial charge in [0.25, 0.3) is 0 Å². The largest absolute Gasteiger partial charge is 0.410 e. The number of nitrogens with two attached hydrogens (primary N) is 2. The fourth-order valence-electron chi connectivity index (χ4n) is 0.915.